The van der Waals surface area contributed by atoms with Crippen LogP contribution in [0.4, 0.5) is 0 Å². The second-order valence-corrected chi connectivity index (χ2v) is 11.0. The van der Waals surface area contributed by atoms with Crippen LogP contribution < -0.4 is 47.1 Å². The molecule has 2 unspecified atom stereocenters. The van der Waals surface area contributed by atoms with Gasteiger partial charge in [-0.05, 0) is 0 Å². The van der Waals surface area contributed by atoms with Gasteiger partial charge in [0.1, 0.15) is 0 Å². The summed E-state index contributed by atoms with van der Waals surface area (Å²) in [5.74, 6) is 0.897. The quantitative estimate of drug-likeness (QED) is 0.223. The SMILES string of the molecule is COc1ccc2c(c1)CCC2OC(=O)C(C)(C[I-]C)[I-]C. The molecule has 0 bridgehead atoms. The fourth-order valence-electron chi connectivity index (χ4n) is 2.49. The number of alkyl halides is 4. The van der Waals surface area contributed by atoms with Gasteiger partial charge in [0.15, 0.2) is 0 Å². The first-order chi connectivity index (χ1) is 10.0. The summed E-state index contributed by atoms with van der Waals surface area (Å²) in [4.78, 5) is 17.0. The van der Waals surface area contributed by atoms with E-state index in [0.717, 1.165) is 28.6 Å². The van der Waals surface area contributed by atoms with Gasteiger partial charge in [0.25, 0.3) is 0 Å². The number of carbonyl (C=O) groups is 1. The van der Waals surface area contributed by atoms with Gasteiger partial charge in [0, 0.05) is 0 Å². The Labute approximate surface area is 147 Å². The number of methoxy groups -OCH3 is 1. The molecule has 0 radical (unpaired) electrons. The summed E-state index contributed by atoms with van der Waals surface area (Å²) in [6, 6.07) is 6.06. The molecule has 0 saturated carbocycles. The van der Waals surface area contributed by atoms with Gasteiger partial charge in [-0.2, -0.15) is 0 Å². The molecule has 120 valence electrons. The predicted molar refractivity (Wildman–Crippen MR) is 75.3 cm³/mol. The van der Waals surface area contributed by atoms with Crippen molar-refractivity contribution >= 4 is 5.97 Å². The number of benzene rings is 1. The van der Waals surface area contributed by atoms with E-state index in [4.69, 9.17) is 9.47 Å². The fourth-order valence-corrected chi connectivity index (χ4v) is 8.96. The molecule has 0 spiro atoms. The van der Waals surface area contributed by atoms with Crippen molar-refractivity contribution in [2.24, 2.45) is 0 Å². The van der Waals surface area contributed by atoms with Crippen molar-refractivity contribution in [3.05, 3.63) is 29.3 Å². The van der Waals surface area contributed by atoms with E-state index in [9.17, 15) is 4.79 Å². The maximum atomic E-state index is 12.6. The average molecular weight is 516 g/mol. The van der Waals surface area contributed by atoms with Gasteiger partial charge in [-0.25, -0.2) is 0 Å². The molecule has 0 aliphatic heterocycles. The Morgan fingerprint density at radius 1 is 1.43 bits per heavy atom. The molecular weight excluding hydrogens is 494 g/mol. The Morgan fingerprint density at radius 3 is 2.81 bits per heavy atom. The number of ether oxygens (including phenoxy) is 2. The van der Waals surface area contributed by atoms with Crippen LogP contribution in [0.3, 0.4) is 0 Å². The van der Waals surface area contributed by atoms with Crippen LogP contribution in [0.1, 0.15) is 30.6 Å². The summed E-state index contributed by atoms with van der Waals surface area (Å²) in [6.45, 7) is 2.09. The zero-order chi connectivity index (χ0) is 15.5. The minimum absolute atomic E-state index is 0.0213. The molecule has 21 heavy (non-hydrogen) atoms. The fraction of sp³-hybridized carbons (Fsp3) is 0.562. The summed E-state index contributed by atoms with van der Waals surface area (Å²) in [5.41, 5.74) is 2.41. The molecule has 1 aromatic rings. The van der Waals surface area contributed by atoms with E-state index >= 15 is 0 Å². The van der Waals surface area contributed by atoms with Gasteiger partial charge in [-0.3, -0.25) is 0 Å². The van der Waals surface area contributed by atoms with E-state index in [1.54, 1.807) is 7.11 Å². The number of aryl methyl sites for hydroxylation is 1. The summed E-state index contributed by atoms with van der Waals surface area (Å²) in [6.07, 6.45) is 1.79. The molecule has 0 amide bonds. The number of hydrogen-bond donors (Lipinski definition) is 0. The van der Waals surface area contributed by atoms with Gasteiger partial charge in [-0.15, -0.1) is 0 Å². The third-order valence-corrected chi connectivity index (χ3v) is 10.8. The van der Waals surface area contributed by atoms with Crippen molar-refractivity contribution in [2.45, 2.75) is 29.3 Å². The third kappa shape index (κ3) is 3.83. The molecule has 2 atom stereocenters. The van der Waals surface area contributed by atoms with E-state index in [2.05, 4.69) is 22.9 Å². The van der Waals surface area contributed by atoms with Crippen molar-refractivity contribution in [2.75, 3.05) is 21.4 Å². The van der Waals surface area contributed by atoms with Crippen molar-refractivity contribution < 1.29 is 56.7 Å². The molecule has 5 heteroatoms. The topological polar surface area (TPSA) is 35.5 Å². The van der Waals surface area contributed by atoms with Crippen LogP contribution >= 0.6 is 0 Å². The molecule has 0 saturated heterocycles. The number of esters is 1. The molecule has 1 aliphatic carbocycles. The standard InChI is InChI=1S/C16H22I2O3/c1-16(18-3,10-17-2)15(19)21-14-8-5-11-9-12(20-4)6-7-13(11)14/h6-7,9,14H,5,8,10H2,1-4H3/q-2. The van der Waals surface area contributed by atoms with E-state index in [0.29, 0.717) is 0 Å². The number of rotatable bonds is 6. The monoisotopic (exact) mass is 516 g/mol. The van der Waals surface area contributed by atoms with Gasteiger partial charge in [0.05, 0.1) is 0 Å². The second-order valence-electron chi connectivity index (χ2n) is 5.28. The predicted octanol–water partition coefficient (Wildman–Crippen LogP) is -3.58. The van der Waals surface area contributed by atoms with Gasteiger partial charge in [0.2, 0.25) is 0 Å². The van der Waals surface area contributed by atoms with Crippen LogP contribution in [-0.2, 0) is 16.0 Å². The number of carbonyl (C=O) groups excluding carboxylic acids is 1. The molecule has 2 rings (SSSR count). The molecule has 0 aromatic heterocycles. The Kier molecular flexibility index (Phi) is 6.16. The van der Waals surface area contributed by atoms with Crippen LogP contribution in [0.2, 0.25) is 0 Å². The van der Waals surface area contributed by atoms with Crippen molar-refractivity contribution in [3.63, 3.8) is 0 Å². The van der Waals surface area contributed by atoms with Crippen molar-refractivity contribution in [1.29, 1.82) is 0 Å². The number of fused-ring (bicyclic) bond motifs is 1. The van der Waals surface area contributed by atoms with Crippen molar-refractivity contribution in [1.82, 2.24) is 0 Å². The first-order valence-electron chi connectivity index (χ1n) is 6.86. The molecule has 3 nitrogen and oxygen atoms in total. The van der Waals surface area contributed by atoms with Crippen LogP contribution in [0.5, 0.6) is 5.75 Å². The summed E-state index contributed by atoms with van der Waals surface area (Å²) in [7, 11) is 1.68. The second kappa shape index (κ2) is 7.48. The Balaban J connectivity index is 2.11. The first kappa shape index (κ1) is 17.3. The first-order valence-corrected chi connectivity index (χ1v) is 13.8. The zero-order valence-corrected chi connectivity index (χ0v) is 17.2. The summed E-state index contributed by atoms with van der Waals surface area (Å²) in [5, 5.41) is 0. The molecule has 0 N–H and O–H groups in total. The van der Waals surface area contributed by atoms with Crippen LogP contribution in [-0.4, -0.2) is 30.8 Å². The Morgan fingerprint density at radius 2 is 2.19 bits per heavy atom. The zero-order valence-electron chi connectivity index (χ0n) is 12.9. The van der Waals surface area contributed by atoms with Crippen LogP contribution in [0.15, 0.2) is 18.2 Å². The number of halogens is 2. The van der Waals surface area contributed by atoms with Gasteiger partial charge in [-0.1, -0.05) is 0 Å². The Bertz CT molecular complexity index is 518. The molecule has 1 aromatic carbocycles. The third-order valence-electron chi connectivity index (χ3n) is 3.85. The molecule has 0 fully saturated rings. The van der Waals surface area contributed by atoms with E-state index in [1.165, 1.54) is 5.56 Å². The molecule has 0 heterocycles. The van der Waals surface area contributed by atoms with Crippen LogP contribution in [0, 0.1) is 0 Å². The minimum atomic E-state index is -0.198. The van der Waals surface area contributed by atoms with Crippen molar-refractivity contribution in [3.8, 4) is 5.75 Å². The van der Waals surface area contributed by atoms with Gasteiger partial charge >= 0.3 is 148 Å². The molecule has 1 aliphatic rings. The van der Waals surface area contributed by atoms with E-state index < -0.39 is 0 Å². The van der Waals surface area contributed by atoms with Gasteiger partial charge < -0.3 is 0 Å². The molecular formula is C16H22I2O3-2. The number of hydrogen-bond acceptors (Lipinski definition) is 3. The van der Waals surface area contributed by atoms with Crippen LogP contribution in [0.25, 0.3) is 0 Å². The maximum absolute atomic E-state index is 12.6. The average Bonchev–Trinajstić information content (AvgIpc) is 2.89. The Hall–Kier alpha value is -0.0500. The summed E-state index contributed by atoms with van der Waals surface area (Å²) < 4.78 is 12.0. The van der Waals surface area contributed by atoms with E-state index in [-0.39, 0.29) is 57.9 Å². The van der Waals surface area contributed by atoms with E-state index in [1.807, 2.05) is 12.1 Å². The summed E-state index contributed by atoms with van der Waals surface area (Å²) >= 11 is -0.0457. The normalized spacial score (nSPS) is 20.1.